The van der Waals surface area contributed by atoms with Crippen LogP contribution in [0.5, 0.6) is 5.75 Å². The minimum Gasteiger partial charge on any atom is -0.506 e. The highest BCUT2D eigenvalue weighted by atomic mass is 79.9. The van der Waals surface area contributed by atoms with E-state index in [-0.39, 0.29) is 15.8 Å². The molecule has 0 spiro atoms. The van der Waals surface area contributed by atoms with Gasteiger partial charge in [0.2, 0.25) is 0 Å². The van der Waals surface area contributed by atoms with Gasteiger partial charge in [-0.05, 0) is 39.7 Å². The molecule has 2 nitrogen and oxygen atoms in total. The summed E-state index contributed by atoms with van der Waals surface area (Å²) in [5.41, 5.74) is -0.247. The van der Waals surface area contributed by atoms with Gasteiger partial charge < -0.3 is 5.11 Å². The maximum Gasteiger partial charge on any atom is 0.256 e. The fraction of sp³-hybridized carbons (Fsp3) is 0. The van der Waals surface area contributed by atoms with Crippen molar-refractivity contribution in [2.45, 2.75) is 0 Å². The molecule has 0 aromatic heterocycles. The van der Waals surface area contributed by atoms with Crippen LogP contribution in [0.4, 0.5) is 4.39 Å². The van der Waals surface area contributed by atoms with Crippen LogP contribution in [-0.2, 0) is 0 Å². The number of carbonyl (C=O) groups excluding carboxylic acids is 1. The summed E-state index contributed by atoms with van der Waals surface area (Å²) in [7, 11) is 0. The van der Waals surface area contributed by atoms with Crippen LogP contribution in [0.2, 0.25) is 0 Å². The molecule has 0 aliphatic carbocycles. The van der Waals surface area contributed by atoms with Crippen LogP contribution in [-0.4, -0.2) is 10.3 Å². The van der Waals surface area contributed by atoms with E-state index in [9.17, 15) is 14.3 Å². The number of hydrogen-bond acceptors (Lipinski definition) is 2. The summed E-state index contributed by atoms with van der Waals surface area (Å²) in [4.78, 5) is 10.6. The van der Waals surface area contributed by atoms with E-state index in [4.69, 9.17) is 11.6 Å². The molecule has 1 aromatic rings. The van der Waals surface area contributed by atoms with E-state index >= 15 is 0 Å². The number of phenols is 1. The van der Waals surface area contributed by atoms with Crippen molar-refractivity contribution in [3.8, 4) is 5.75 Å². The van der Waals surface area contributed by atoms with Crippen molar-refractivity contribution in [2.75, 3.05) is 0 Å². The quantitative estimate of drug-likeness (QED) is 0.781. The summed E-state index contributed by atoms with van der Waals surface area (Å²) in [5, 5.41) is 8.28. The highest BCUT2D eigenvalue weighted by Crippen LogP contribution is 2.29. The highest BCUT2D eigenvalue weighted by Gasteiger charge is 2.12. The lowest BCUT2D eigenvalue weighted by molar-refractivity contribution is 0.107. The van der Waals surface area contributed by atoms with Crippen LogP contribution in [0.3, 0.4) is 0 Å². The normalized spacial score (nSPS) is 9.92. The molecule has 12 heavy (non-hydrogen) atoms. The van der Waals surface area contributed by atoms with Crippen LogP contribution in [0, 0.1) is 5.82 Å². The van der Waals surface area contributed by atoms with Crippen LogP contribution in [0.1, 0.15) is 10.4 Å². The molecule has 0 atom stereocenters. The Morgan fingerprint density at radius 2 is 2.17 bits per heavy atom. The van der Waals surface area contributed by atoms with E-state index in [1.807, 2.05) is 0 Å². The van der Waals surface area contributed by atoms with Crippen molar-refractivity contribution in [2.24, 2.45) is 0 Å². The van der Waals surface area contributed by atoms with Gasteiger partial charge in [-0.2, -0.15) is 0 Å². The predicted octanol–water partition coefficient (Wildman–Crippen LogP) is 2.67. The molecule has 1 rings (SSSR count). The zero-order valence-electron chi connectivity index (χ0n) is 5.64. The van der Waals surface area contributed by atoms with E-state index < -0.39 is 11.1 Å². The number of hydrogen-bond donors (Lipinski definition) is 1. The average Bonchev–Trinajstić information content (AvgIpc) is 1.96. The van der Waals surface area contributed by atoms with Crippen LogP contribution in [0.25, 0.3) is 0 Å². The second-order valence-corrected chi connectivity index (χ2v) is 3.26. The molecule has 0 radical (unpaired) electrons. The largest absolute Gasteiger partial charge is 0.506 e. The van der Waals surface area contributed by atoms with E-state index in [0.29, 0.717) is 0 Å². The Bertz CT molecular complexity index is 340. The summed E-state index contributed by atoms with van der Waals surface area (Å²) in [5.74, 6) is -0.986. The first kappa shape index (κ1) is 9.48. The number of phenolic OH excluding ortho intramolecular Hbond substituents is 1. The van der Waals surface area contributed by atoms with Crippen LogP contribution >= 0.6 is 27.5 Å². The first-order valence-corrected chi connectivity index (χ1v) is 4.07. The van der Waals surface area contributed by atoms with Gasteiger partial charge in [0.25, 0.3) is 5.24 Å². The first-order valence-electron chi connectivity index (χ1n) is 2.90. The second kappa shape index (κ2) is 3.41. The molecule has 0 aliphatic rings. The number of carbonyl (C=O) groups is 1. The predicted molar refractivity (Wildman–Crippen MR) is 45.9 cm³/mol. The molecule has 0 heterocycles. The van der Waals surface area contributed by atoms with E-state index in [0.717, 1.165) is 12.1 Å². The summed E-state index contributed by atoms with van der Waals surface area (Å²) in [6.07, 6.45) is 0. The summed E-state index contributed by atoms with van der Waals surface area (Å²) in [6.45, 7) is 0. The maximum atomic E-state index is 12.6. The fourth-order valence-electron chi connectivity index (χ4n) is 0.716. The fourth-order valence-corrected chi connectivity index (χ4v) is 1.29. The SMILES string of the molecule is O=C(Cl)c1cc(F)cc(Br)c1O. The van der Waals surface area contributed by atoms with Crippen molar-refractivity contribution >= 4 is 32.8 Å². The maximum absolute atomic E-state index is 12.6. The molecule has 0 amide bonds. The molecule has 0 unspecified atom stereocenters. The van der Waals surface area contributed by atoms with Gasteiger partial charge in [-0.1, -0.05) is 0 Å². The Morgan fingerprint density at radius 3 is 2.67 bits per heavy atom. The van der Waals surface area contributed by atoms with Crippen LogP contribution < -0.4 is 0 Å². The summed E-state index contributed by atoms with van der Waals surface area (Å²) < 4.78 is 12.7. The van der Waals surface area contributed by atoms with Crippen molar-refractivity contribution in [3.63, 3.8) is 0 Å². The Balaban J connectivity index is 3.37. The smallest absolute Gasteiger partial charge is 0.256 e. The molecule has 0 saturated heterocycles. The van der Waals surface area contributed by atoms with E-state index in [1.165, 1.54) is 0 Å². The minimum atomic E-state index is -0.896. The Kier molecular flexibility index (Phi) is 2.69. The van der Waals surface area contributed by atoms with Gasteiger partial charge in [0.05, 0.1) is 10.0 Å². The van der Waals surface area contributed by atoms with Gasteiger partial charge in [0.15, 0.2) is 0 Å². The third-order valence-corrected chi connectivity index (χ3v) is 2.05. The zero-order chi connectivity index (χ0) is 9.30. The van der Waals surface area contributed by atoms with Crippen molar-refractivity contribution in [1.82, 2.24) is 0 Å². The molecule has 0 saturated carbocycles. The monoisotopic (exact) mass is 252 g/mol. The Morgan fingerprint density at radius 1 is 1.58 bits per heavy atom. The van der Waals surface area contributed by atoms with Crippen LogP contribution in [0.15, 0.2) is 16.6 Å². The lowest BCUT2D eigenvalue weighted by Crippen LogP contribution is -1.91. The number of halogens is 3. The standard InChI is InChI=1S/C7H3BrClFO2/c8-5-2-3(10)1-4(6(5)11)7(9)12/h1-2,11H. The molecular formula is C7H3BrClFO2. The van der Waals surface area contributed by atoms with Gasteiger partial charge in [-0.25, -0.2) is 4.39 Å². The highest BCUT2D eigenvalue weighted by molar-refractivity contribution is 9.10. The Hall–Kier alpha value is -0.610. The molecule has 1 aromatic carbocycles. The van der Waals surface area contributed by atoms with Gasteiger partial charge in [0, 0.05) is 0 Å². The molecule has 0 fully saturated rings. The molecular weight excluding hydrogens is 250 g/mol. The first-order chi connectivity index (χ1) is 5.52. The molecule has 0 aliphatic heterocycles. The lowest BCUT2D eigenvalue weighted by atomic mass is 10.2. The van der Waals surface area contributed by atoms with Gasteiger partial charge in [-0.3, -0.25) is 4.79 Å². The number of aromatic hydroxyl groups is 1. The van der Waals surface area contributed by atoms with Gasteiger partial charge in [0.1, 0.15) is 11.6 Å². The van der Waals surface area contributed by atoms with E-state index in [1.54, 1.807) is 0 Å². The van der Waals surface area contributed by atoms with E-state index in [2.05, 4.69) is 15.9 Å². The zero-order valence-corrected chi connectivity index (χ0v) is 7.99. The lowest BCUT2D eigenvalue weighted by Gasteiger charge is -2.01. The summed E-state index contributed by atoms with van der Waals surface area (Å²) >= 11 is 7.93. The van der Waals surface area contributed by atoms with Crippen molar-refractivity contribution in [1.29, 1.82) is 0 Å². The third kappa shape index (κ3) is 1.76. The second-order valence-electron chi connectivity index (χ2n) is 2.06. The van der Waals surface area contributed by atoms with Gasteiger partial charge >= 0.3 is 0 Å². The topological polar surface area (TPSA) is 37.3 Å². The molecule has 5 heteroatoms. The van der Waals surface area contributed by atoms with Gasteiger partial charge in [-0.15, -0.1) is 0 Å². The number of benzene rings is 1. The average molecular weight is 253 g/mol. The summed E-state index contributed by atoms with van der Waals surface area (Å²) in [6, 6.07) is 1.91. The minimum absolute atomic E-state index is 0.103. The third-order valence-electron chi connectivity index (χ3n) is 1.24. The van der Waals surface area contributed by atoms with Crippen molar-refractivity contribution < 1.29 is 14.3 Å². The molecule has 64 valence electrons. The number of rotatable bonds is 1. The Labute approximate surface area is 81.1 Å². The van der Waals surface area contributed by atoms with Crippen molar-refractivity contribution in [3.05, 3.63) is 28.0 Å². The molecule has 1 N–H and O–H groups in total. The molecule has 0 bridgehead atoms.